The first-order valence-corrected chi connectivity index (χ1v) is 14.0. The van der Waals surface area contributed by atoms with Gasteiger partial charge >= 0.3 is 0 Å². The number of unbranched alkanes of at least 4 members (excludes halogenated alkanes) is 1. The minimum Gasteiger partial charge on any atom is -0.314 e. The quantitative estimate of drug-likeness (QED) is 0.298. The molecule has 0 radical (unpaired) electrons. The van der Waals surface area contributed by atoms with Gasteiger partial charge in [-0.3, -0.25) is 0 Å². The Morgan fingerprint density at radius 3 is 1.27 bits per heavy atom. The normalized spacial score (nSPS) is 24.9. The molecule has 196 valence electrons. The summed E-state index contributed by atoms with van der Waals surface area (Å²) in [5.74, 6) is 0. The summed E-state index contributed by atoms with van der Waals surface area (Å²) in [5, 5.41) is 15.4. The van der Waals surface area contributed by atoms with E-state index in [9.17, 15) is 0 Å². The number of rotatable bonds is 13. The fourth-order valence-electron chi connectivity index (χ4n) is 6.87. The van der Waals surface area contributed by atoms with E-state index in [1.165, 1.54) is 71.0 Å². The molecule has 0 aliphatic carbocycles. The molecule has 0 aromatic heterocycles. The van der Waals surface area contributed by atoms with Gasteiger partial charge < -0.3 is 26.2 Å². The second-order valence-corrected chi connectivity index (χ2v) is 13.8. The van der Waals surface area contributed by atoms with Gasteiger partial charge in [-0.15, -0.1) is 0 Å². The Bertz CT molecular complexity index is 491. The largest absolute Gasteiger partial charge is 0.314 e. The van der Waals surface area contributed by atoms with Crippen molar-refractivity contribution < 1.29 is 0 Å². The van der Waals surface area contributed by atoms with Gasteiger partial charge in [0.1, 0.15) is 0 Å². The van der Waals surface area contributed by atoms with Gasteiger partial charge in [0, 0.05) is 34.2 Å². The maximum Gasteiger partial charge on any atom is 0.0144 e. The zero-order valence-corrected chi connectivity index (χ0v) is 23.8. The summed E-state index contributed by atoms with van der Waals surface area (Å²) in [6.07, 6.45) is 9.95. The highest BCUT2D eigenvalue weighted by molar-refractivity contribution is 5.00. The molecule has 0 aromatic carbocycles. The molecule has 0 unspecified atom stereocenters. The van der Waals surface area contributed by atoms with E-state index >= 15 is 0 Å². The lowest BCUT2D eigenvalue weighted by atomic mass is 9.79. The molecule has 2 aliphatic heterocycles. The van der Waals surface area contributed by atoms with Crippen LogP contribution in [-0.4, -0.2) is 71.9 Å². The van der Waals surface area contributed by atoms with Crippen molar-refractivity contribution in [2.45, 2.75) is 148 Å². The third-order valence-electron chi connectivity index (χ3n) is 7.38. The predicted molar refractivity (Wildman–Crippen MR) is 145 cm³/mol. The lowest BCUT2D eigenvalue weighted by molar-refractivity contribution is 0.144. The molecule has 0 aromatic rings. The highest BCUT2D eigenvalue weighted by atomic mass is 15.1. The topological polar surface area (TPSA) is 51.4 Å². The van der Waals surface area contributed by atoms with Crippen LogP contribution in [0.1, 0.15) is 114 Å². The van der Waals surface area contributed by atoms with Crippen LogP contribution >= 0.6 is 0 Å². The van der Waals surface area contributed by atoms with E-state index in [0.717, 1.165) is 13.1 Å². The number of piperidine rings is 2. The third kappa shape index (κ3) is 11.4. The monoisotopic (exact) mass is 465 g/mol. The minimum atomic E-state index is 0.221. The molecule has 2 fully saturated rings. The van der Waals surface area contributed by atoms with Crippen LogP contribution in [-0.2, 0) is 0 Å². The molecule has 0 bridgehead atoms. The second-order valence-electron chi connectivity index (χ2n) is 13.8. The molecule has 2 rings (SSSR count). The summed E-state index contributed by atoms with van der Waals surface area (Å²) in [4.78, 5) is 2.71. The van der Waals surface area contributed by atoms with Crippen LogP contribution in [0.15, 0.2) is 0 Å². The molecule has 33 heavy (non-hydrogen) atoms. The highest BCUT2D eigenvalue weighted by Gasteiger charge is 2.38. The van der Waals surface area contributed by atoms with E-state index in [2.05, 4.69) is 88.5 Å². The van der Waals surface area contributed by atoms with Crippen LogP contribution < -0.4 is 21.3 Å². The van der Waals surface area contributed by atoms with Crippen molar-refractivity contribution in [3.8, 4) is 0 Å². The van der Waals surface area contributed by atoms with Gasteiger partial charge in [0.05, 0.1) is 0 Å². The van der Waals surface area contributed by atoms with Crippen LogP contribution in [0.3, 0.4) is 0 Å². The SMILES string of the molecule is CCCCN(CCCNC1CC(C)(C)NC(C)(C)C1)CCCNC1CC(C)(C)NC(C)(C)C1. The maximum absolute atomic E-state index is 3.88. The average Bonchev–Trinajstić information content (AvgIpc) is 2.60. The van der Waals surface area contributed by atoms with Crippen LogP contribution in [0, 0.1) is 0 Å². The zero-order chi connectivity index (χ0) is 24.8. The van der Waals surface area contributed by atoms with Crippen molar-refractivity contribution >= 4 is 0 Å². The van der Waals surface area contributed by atoms with Gasteiger partial charge in [0.2, 0.25) is 0 Å². The second kappa shape index (κ2) is 12.2. The molecule has 5 nitrogen and oxygen atoms in total. The van der Waals surface area contributed by atoms with Crippen molar-refractivity contribution in [3.05, 3.63) is 0 Å². The van der Waals surface area contributed by atoms with E-state index in [1.807, 2.05) is 0 Å². The third-order valence-corrected chi connectivity index (χ3v) is 7.38. The van der Waals surface area contributed by atoms with E-state index in [0.29, 0.717) is 12.1 Å². The fourth-order valence-corrected chi connectivity index (χ4v) is 6.87. The van der Waals surface area contributed by atoms with Gasteiger partial charge in [-0.05, 0) is 133 Å². The molecule has 0 saturated carbocycles. The molecule has 2 aliphatic rings. The summed E-state index contributed by atoms with van der Waals surface area (Å²) >= 11 is 0. The summed E-state index contributed by atoms with van der Waals surface area (Å²) in [6, 6.07) is 1.26. The van der Waals surface area contributed by atoms with E-state index in [1.54, 1.807) is 0 Å². The summed E-state index contributed by atoms with van der Waals surface area (Å²) < 4.78 is 0. The molecule has 0 amide bonds. The van der Waals surface area contributed by atoms with Crippen LogP contribution in [0.2, 0.25) is 0 Å². The Morgan fingerprint density at radius 1 is 0.606 bits per heavy atom. The minimum absolute atomic E-state index is 0.221. The summed E-state index contributed by atoms with van der Waals surface area (Å²) in [7, 11) is 0. The maximum atomic E-state index is 3.88. The van der Waals surface area contributed by atoms with Gasteiger partial charge in [0.25, 0.3) is 0 Å². The predicted octanol–water partition coefficient (Wildman–Crippen LogP) is 4.67. The molecule has 4 N–H and O–H groups in total. The Balaban J connectivity index is 1.68. The average molecular weight is 466 g/mol. The van der Waals surface area contributed by atoms with E-state index in [-0.39, 0.29) is 22.2 Å². The highest BCUT2D eigenvalue weighted by Crippen LogP contribution is 2.29. The molecule has 0 atom stereocenters. The molecule has 2 heterocycles. The van der Waals surface area contributed by atoms with Gasteiger partial charge in [-0.25, -0.2) is 0 Å². The van der Waals surface area contributed by atoms with Crippen molar-refractivity contribution in [1.29, 1.82) is 0 Å². The Kier molecular flexibility index (Phi) is 10.7. The standard InChI is InChI=1S/C28H59N5/c1-10-11-16-33(17-12-14-29-23-19-25(2,3)31-26(4,5)20-23)18-13-15-30-24-21-27(6,7)32-28(8,9)22-24/h23-24,29-32H,10-22H2,1-9H3. The van der Waals surface area contributed by atoms with Crippen molar-refractivity contribution in [2.75, 3.05) is 32.7 Å². The zero-order valence-electron chi connectivity index (χ0n) is 23.8. The molecular weight excluding hydrogens is 406 g/mol. The van der Waals surface area contributed by atoms with Gasteiger partial charge in [0.15, 0.2) is 0 Å². The molecule has 2 saturated heterocycles. The van der Waals surface area contributed by atoms with Crippen LogP contribution in [0.5, 0.6) is 0 Å². The lowest BCUT2D eigenvalue weighted by Gasteiger charge is -2.46. The van der Waals surface area contributed by atoms with E-state index < -0.39 is 0 Å². The number of hydrogen-bond donors (Lipinski definition) is 4. The van der Waals surface area contributed by atoms with Gasteiger partial charge in [-0.2, -0.15) is 0 Å². The van der Waals surface area contributed by atoms with Crippen molar-refractivity contribution in [3.63, 3.8) is 0 Å². The van der Waals surface area contributed by atoms with Crippen LogP contribution in [0.4, 0.5) is 0 Å². The Hall–Kier alpha value is -0.200. The Morgan fingerprint density at radius 2 is 0.939 bits per heavy atom. The smallest absolute Gasteiger partial charge is 0.0144 e. The summed E-state index contributed by atoms with van der Waals surface area (Å²) in [6.45, 7) is 27.0. The molecule has 5 heteroatoms. The fraction of sp³-hybridized carbons (Fsp3) is 1.00. The first-order chi connectivity index (χ1) is 15.2. The molecular formula is C28H59N5. The number of hydrogen-bond acceptors (Lipinski definition) is 5. The van der Waals surface area contributed by atoms with Crippen molar-refractivity contribution in [2.24, 2.45) is 0 Å². The molecule has 0 spiro atoms. The summed E-state index contributed by atoms with van der Waals surface area (Å²) in [5.41, 5.74) is 0.883. The number of nitrogens with one attached hydrogen (secondary N) is 4. The first kappa shape index (κ1) is 29.0. The Labute approximate surface area is 207 Å². The van der Waals surface area contributed by atoms with Gasteiger partial charge in [-0.1, -0.05) is 13.3 Å². The first-order valence-electron chi connectivity index (χ1n) is 14.0. The van der Waals surface area contributed by atoms with Crippen LogP contribution in [0.25, 0.3) is 0 Å². The lowest BCUT2D eigenvalue weighted by Crippen LogP contribution is -2.61. The van der Waals surface area contributed by atoms with Crippen molar-refractivity contribution in [1.82, 2.24) is 26.2 Å². The van der Waals surface area contributed by atoms with E-state index in [4.69, 9.17) is 0 Å². The number of nitrogens with zero attached hydrogens (tertiary/aromatic N) is 1.